The van der Waals surface area contributed by atoms with Crippen LogP contribution in [0.25, 0.3) is 10.9 Å². The van der Waals surface area contributed by atoms with Crippen LogP contribution in [0.1, 0.15) is 36.8 Å². The van der Waals surface area contributed by atoms with Gasteiger partial charge in [0.1, 0.15) is 5.52 Å². The van der Waals surface area contributed by atoms with Crippen molar-refractivity contribution in [3.05, 3.63) is 17.1 Å². The van der Waals surface area contributed by atoms with Crippen molar-refractivity contribution in [2.45, 2.75) is 33.6 Å². The van der Waals surface area contributed by atoms with E-state index < -0.39 is 0 Å². The Morgan fingerprint density at radius 1 is 1.19 bits per heavy atom. The molecule has 0 amide bonds. The van der Waals surface area contributed by atoms with Gasteiger partial charge in [-0.2, -0.15) is 5.10 Å². The fourth-order valence-corrected chi connectivity index (χ4v) is 2.25. The standard InChI is InChI=1S/C12H18N4/c1-6(2)12-11-9(8(4)16(12)5)10(13)7(3)14-15-11/h6H,13H2,1-5H3. The molecule has 0 unspecified atom stereocenters. The maximum atomic E-state index is 6.09. The lowest BCUT2D eigenvalue weighted by molar-refractivity contribution is 0.730. The van der Waals surface area contributed by atoms with Crippen LogP contribution in [0.3, 0.4) is 0 Å². The van der Waals surface area contributed by atoms with Gasteiger partial charge in [0.05, 0.1) is 11.4 Å². The second kappa shape index (κ2) is 3.47. The number of aryl methyl sites for hydroxylation is 2. The van der Waals surface area contributed by atoms with E-state index in [4.69, 9.17) is 5.73 Å². The Labute approximate surface area is 95.5 Å². The summed E-state index contributed by atoms with van der Waals surface area (Å²) in [5.41, 5.74) is 10.9. The highest BCUT2D eigenvalue weighted by Crippen LogP contribution is 2.32. The van der Waals surface area contributed by atoms with Crippen LogP contribution in [-0.4, -0.2) is 14.8 Å². The van der Waals surface area contributed by atoms with Crippen LogP contribution in [0, 0.1) is 13.8 Å². The minimum absolute atomic E-state index is 0.414. The van der Waals surface area contributed by atoms with Gasteiger partial charge in [-0.05, 0) is 19.8 Å². The van der Waals surface area contributed by atoms with Crippen molar-refractivity contribution in [3.8, 4) is 0 Å². The van der Waals surface area contributed by atoms with E-state index in [1.165, 1.54) is 5.69 Å². The van der Waals surface area contributed by atoms with E-state index in [0.717, 1.165) is 28.0 Å². The summed E-state index contributed by atoms with van der Waals surface area (Å²) in [6.07, 6.45) is 0. The molecule has 0 radical (unpaired) electrons. The Morgan fingerprint density at radius 3 is 2.38 bits per heavy atom. The summed E-state index contributed by atoms with van der Waals surface area (Å²) >= 11 is 0. The van der Waals surface area contributed by atoms with Gasteiger partial charge >= 0.3 is 0 Å². The fraction of sp³-hybridized carbons (Fsp3) is 0.500. The lowest BCUT2D eigenvalue weighted by Crippen LogP contribution is -2.00. The number of nitrogens with two attached hydrogens (primary N) is 1. The van der Waals surface area contributed by atoms with Crippen LogP contribution in [0.15, 0.2) is 0 Å². The van der Waals surface area contributed by atoms with Crippen molar-refractivity contribution in [1.29, 1.82) is 0 Å². The maximum absolute atomic E-state index is 6.09. The minimum Gasteiger partial charge on any atom is -0.397 e. The number of nitrogen functional groups attached to an aromatic ring is 1. The second-order valence-electron chi connectivity index (χ2n) is 4.61. The van der Waals surface area contributed by atoms with E-state index in [9.17, 15) is 0 Å². The zero-order valence-corrected chi connectivity index (χ0v) is 10.5. The van der Waals surface area contributed by atoms with Gasteiger partial charge in [-0.15, -0.1) is 5.10 Å². The monoisotopic (exact) mass is 218 g/mol. The third-order valence-electron chi connectivity index (χ3n) is 3.21. The predicted octanol–water partition coefficient (Wildman–Crippen LogP) is 2.29. The third-order valence-corrected chi connectivity index (χ3v) is 3.21. The summed E-state index contributed by atoms with van der Waals surface area (Å²) in [6.45, 7) is 8.28. The van der Waals surface area contributed by atoms with Gasteiger partial charge in [0.2, 0.25) is 0 Å². The molecule has 0 fully saturated rings. The largest absolute Gasteiger partial charge is 0.397 e. The SMILES string of the molecule is Cc1nnc2c(C(C)C)n(C)c(C)c2c1N. The Morgan fingerprint density at radius 2 is 1.81 bits per heavy atom. The van der Waals surface area contributed by atoms with Gasteiger partial charge in [-0.25, -0.2) is 0 Å². The van der Waals surface area contributed by atoms with Gasteiger partial charge in [-0.1, -0.05) is 13.8 Å². The summed E-state index contributed by atoms with van der Waals surface area (Å²) in [6, 6.07) is 0. The number of fused-ring (bicyclic) bond motifs is 1. The lowest BCUT2D eigenvalue weighted by Gasteiger charge is -2.07. The molecule has 0 saturated carbocycles. The molecule has 2 N–H and O–H groups in total. The molecule has 86 valence electrons. The van der Waals surface area contributed by atoms with Crippen molar-refractivity contribution >= 4 is 16.6 Å². The molecular formula is C12H18N4. The zero-order chi connectivity index (χ0) is 12.0. The molecule has 0 spiro atoms. The molecule has 4 heteroatoms. The average molecular weight is 218 g/mol. The van der Waals surface area contributed by atoms with Gasteiger partial charge < -0.3 is 10.3 Å². The van der Waals surface area contributed by atoms with E-state index in [2.05, 4.69) is 42.6 Å². The molecule has 0 bridgehead atoms. The lowest BCUT2D eigenvalue weighted by atomic mass is 10.1. The van der Waals surface area contributed by atoms with Gasteiger partial charge in [0, 0.05) is 23.8 Å². The molecule has 0 saturated heterocycles. The topological polar surface area (TPSA) is 56.7 Å². The zero-order valence-electron chi connectivity index (χ0n) is 10.5. The van der Waals surface area contributed by atoms with E-state index in [-0.39, 0.29) is 0 Å². The Balaban J connectivity index is 2.96. The average Bonchev–Trinajstić information content (AvgIpc) is 2.46. The Bertz CT molecular complexity index is 552. The molecule has 0 aliphatic carbocycles. The highest BCUT2D eigenvalue weighted by molar-refractivity contribution is 5.95. The first-order chi connectivity index (χ1) is 7.45. The van der Waals surface area contributed by atoms with Crippen molar-refractivity contribution < 1.29 is 0 Å². The highest BCUT2D eigenvalue weighted by atomic mass is 15.1. The summed E-state index contributed by atoms with van der Waals surface area (Å²) in [5.74, 6) is 0.414. The van der Waals surface area contributed by atoms with Crippen LogP contribution in [0.5, 0.6) is 0 Å². The van der Waals surface area contributed by atoms with Crippen molar-refractivity contribution in [1.82, 2.24) is 14.8 Å². The number of hydrogen-bond acceptors (Lipinski definition) is 3. The first-order valence-corrected chi connectivity index (χ1v) is 5.52. The molecule has 2 heterocycles. The quantitative estimate of drug-likeness (QED) is 0.799. The molecule has 4 nitrogen and oxygen atoms in total. The number of aromatic nitrogens is 3. The van der Waals surface area contributed by atoms with Gasteiger partial charge in [0.15, 0.2) is 0 Å². The van der Waals surface area contributed by atoms with Crippen LogP contribution in [0.4, 0.5) is 5.69 Å². The summed E-state index contributed by atoms with van der Waals surface area (Å²) in [5, 5.41) is 9.46. The van der Waals surface area contributed by atoms with Crippen LogP contribution >= 0.6 is 0 Å². The van der Waals surface area contributed by atoms with Crippen molar-refractivity contribution in [2.24, 2.45) is 7.05 Å². The first kappa shape index (κ1) is 10.9. The second-order valence-corrected chi connectivity index (χ2v) is 4.61. The van der Waals surface area contributed by atoms with Crippen molar-refractivity contribution in [2.75, 3.05) is 5.73 Å². The molecular weight excluding hydrogens is 200 g/mol. The van der Waals surface area contributed by atoms with Crippen LogP contribution in [0.2, 0.25) is 0 Å². The number of hydrogen-bond donors (Lipinski definition) is 1. The Kier molecular flexibility index (Phi) is 2.37. The normalized spacial score (nSPS) is 11.6. The molecule has 0 aliphatic heterocycles. The highest BCUT2D eigenvalue weighted by Gasteiger charge is 2.18. The van der Waals surface area contributed by atoms with Crippen molar-refractivity contribution in [3.63, 3.8) is 0 Å². The van der Waals surface area contributed by atoms with Crippen LogP contribution < -0.4 is 5.73 Å². The molecule has 2 aromatic rings. The fourth-order valence-electron chi connectivity index (χ4n) is 2.25. The maximum Gasteiger partial charge on any atom is 0.116 e. The minimum atomic E-state index is 0.414. The van der Waals surface area contributed by atoms with Gasteiger partial charge in [-0.3, -0.25) is 0 Å². The number of nitrogens with zero attached hydrogens (tertiary/aromatic N) is 3. The molecule has 16 heavy (non-hydrogen) atoms. The summed E-state index contributed by atoms with van der Waals surface area (Å²) < 4.78 is 2.17. The first-order valence-electron chi connectivity index (χ1n) is 5.52. The Hall–Kier alpha value is -1.58. The molecule has 2 aromatic heterocycles. The molecule has 0 aliphatic rings. The van der Waals surface area contributed by atoms with E-state index in [1.807, 2.05) is 6.92 Å². The van der Waals surface area contributed by atoms with E-state index in [1.54, 1.807) is 0 Å². The number of anilines is 1. The molecule has 0 aromatic carbocycles. The predicted molar refractivity (Wildman–Crippen MR) is 66.5 cm³/mol. The van der Waals surface area contributed by atoms with E-state index in [0.29, 0.717) is 5.92 Å². The summed E-state index contributed by atoms with van der Waals surface area (Å²) in [4.78, 5) is 0. The van der Waals surface area contributed by atoms with Gasteiger partial charge in [0.25, 0.3) is 0 Å². The third kappa shape index (κ3) is 1.29. The number of rotatable bonds is 1. The smallest absolute Gasteiger partial charge is 0.116 e. The van der Waals surface area contributed by atoms with E-state index >= 15 is 0 Å². The van der Waals surface area contributed by atoms with Crippen LogP contribution in [-0.2, 0) is 7.05 Å². The molecule has 2 rings (SSSR count). The summed E-state index contributed by atoms with van der Waals surface area (Å²) in [7, 11) is 2.06. The molecule has 0 atom stereocenters.